The van der Waals surface area contributed by atoms with E-state index >= 15 is 0 Å². The number of carbonyl (C=O) groups is 1. The Morgan fingerprint density at radius 2 is 2.05 bits per heavy atom. The molecule has 112 valence electrons. The molecule has 1 aliphatic carbocycles. The van der Waals surface area contributed by atoms with E-state index in [9.17, 15) is 4.79 Å². The smallest absolute Gasteiger partial charge is 0.224 e. The molecule has 1 aromatic heterocycles. The summed E-state index contributed by atoms with van der Waals surface area (Å²) in [5, 5.41) is 0. The molecule has 0 fully saturated rings. The van der Waals surface area contributed by atoms with Crippen molar-refractivity contribution >= 4 is 12.0 Å². The molecule has 4 rings (SSSR count). The number of rotatable bonds is 1. The van der Waals surface area contributed by atoms with Crippen LogP contribution in [0.2, 0.25) is 0 Å². The first-order valence-electron chi connectivity index (χ1n) is 8.01. The second-order valence-corrected chi connectivity index (χ2v) is 6.21. The first-order valence-corrected chi connectivity index (χ1v) is 8.01. The Kier molecular flexibility index (Phi) is 3.14. The van der Waals surface area contributed by atoms with Crippen LogP contribution in [0.4, 0.5) is 0 Å². The van der Waals surface area contributed by atoms with Crippen molar-refractivity contribution in [1.29, 1.82) is 0 Å². The molecule has 1 amide bonds. The van der Waals surface area contributed by atoms with Crippen molar-refractivity contribution in [3.63, 3.8) is 0 Å². The van der Waals surface area contributed by atoms with Crippen LogP contribution in [0.15, 0.2) is 36.5 Å². The second-order valence-electron chi connectivity index (χ2n) is 6.21. The minimum absolute atomic E-state index is 0.0377. The lowest BCUT2D eigenvalue weighted by Gasteiger charge is -2.32. The third-order valence-electron chi connectivity index (χ3n) is 4.78. The summed E-state index contributed by atoms with van der Waals surface area (Å²) in [7, 11) is 0. The Morgan fingerprint density at radius 1 is 1.23 bits per heavy atom. The fraction of sp³-hybridized carbons (Fsp3) is 0.316. The van der Waals surface area contributed by atoms with Gasteiger partial charge in [0.15, 0.2) is 0 Å². The monoisotopic (exact) mass is 292 g/mol. The zero-order valence-electron chi connectivity index (χ0n) is 12.8. The lowest BCUT2D eigenvalue weighted by atomic mass is 9.93. The molecule has 3 heteroatoms. The summed E-state index contributed by atoms with van der Waals surface area (Å²) in [6, 6.07) is 10.6. The molecule has 1 aromatic carbocycles. The summed E-state index contributed by atoms with van der Waals surface area (Å²) in [5.74, 6) is 0.0725. The van der Waals surface area contributed by atoms with Gasteiger partial charge in [0, 0.05) is 24.5 Å². The molecule has 2 aromatic rings. The van der Waals surface area contributed by atoms with Gasteiger partial charge in [-0.3, -0.25) is 4.79 Å². The molecule has 0 radical (unpaired) electrons. The van der Waals surface area contributed by atoms with E-state index in [-0.39, 0.29) is 11.9 Å². The molecule has 0 bridgehead atoms. The van der Waals surface area contributed by atoms with E-state index < -0.39 is 0 Å². The predicted octanol–water partition coefficient (Wildman–Crippen LogP) is 3.82. The summed E-state index contributed by atoms with van der Waals surface area (Å²) in [5.41, 5.74) is 6.31. The summed E-state index contributed by atoms with van der Waals surface area (Å²) < 4.78 is 0. The average molecular weight is 292 g/mol. The maximum absolute atomic E-state index is 12.1. The number of amides is 1. The molecule has 0 saturated heterocycles. The van der Waals surface area contributed by atoms with Gasteiger partial charge < -0.3 is 9.88 Å². The summed E-state index contributed by atoms with van der Waals surface area (Å²) >= 11 is 0. The summed E-state index contributed by atoms with van der Waals surface area (Å²) in [6.07, 6.45) is 8.73. The Morgan fingerprint density at radius 3 is 2.86 bits per heavy atom. The number of benzene rings is 1. The summed E-state index contributed by atoms with van der Waals surface area (Å²) in [6.45, 7) is 1.63. The number of nitrogens with zero attached hydrogens (tertiary/aromatic N) is 1. The van der Waals surface area contributed by atoms with Crippen molar-refractivity contribution in [2.45, 2.75) is 38.6 Å². The topological polar surface area (TPSA) is 36.1 Å². The molecular formula is C19H20N2O. The molecule has 1 unspecified atom stereocenters. The van der Waals surface area contributed by atoms with Gasteiger partial charge in [0.05, 0.1) is 0 Å². The molecule has 3 nitrogen and oxygen atoms in total. The number of hydrogen-bond donors (Lipinski definition) is 1. The van der Waals surface area contributed by atoms with Crippen molar-refractivity contribution < 1.29 is 4.79 Å². The van der Waals surface area contributed by atoms with Crippen LogP contribution in [0.1, 0.15) is 53.9 Å². The quantitative estimate of drug-likeness (QED) is 0.852. The van der Waals surface area contributed by atoms with Gasteiger partial charge in [0.2, 0.25) is 5.91 Å². The Bertz CT molecular complexity index is 733. The van der Waals surface area contributed by atoms with Crippen molar-refractivity contribution in [3.8, 4) is 0 Å². The van der Waals surface area contributed by atoms with Gasteiger partial charge in [0.25, 0.3) is 0 Å². The number of carbonyl (C=O) groups excluding carboxylic acids is 1. The van der Waals surface area contributed by atoms with Crippen LogP contribution < -0.4 is 0 Å². The molecule has 0 saturated carbocycles. The predicted molar refractivity (Wildman–Crippen MR) is 87.3 cm³/mol. The van der Waals surface area contributed by atoms with Crippen LogP contribution >= 0.6 is 0 Å². The molecule has 22 heavy (non-hydrogen) atoms. The minimum Gasteiger partial charge on any atom is -0.360 e. The van der Waals surface area contributed by atoms with E-state index in [0.717, 1.165) is 18.5 Å². The van der Waals surface area contributed by atoms with E-state index in [1.165, 1.54) is 35.2 Å². The Balaban J connectivity index is 1.84. The van der Waals surface area contributed by atoms with Gasteiger partial charge in [-0.25, -0.2) is 0 Å². The van der Waals surface area contributed by atoms with E-state index in [1.54, 1.807) is 6.92 Å². The SMILES string of the molecule is CC(=O)N1C=Cc2ccccc2C1c1cc2c([nH]1)CCCC2. The van der Waals surface area contributed by atoms with Crippen LogP contribution in [0, 0.1) is 0 Å². The number of aromatic amines is 1. The summed E-state index contributed by atoms with van der Waals surface area (Å²) in [4.78, 5) is 17.5. The normalized spacial score (nSPS) is 19.7. The number of hydrogen-bond acceptors (Lipinski definition) is 1. The fourth-order valence-corrected chi connectivity index (χ4v) is 3.69. The standard InChI is InChI=1S/C19H20N2O/c1-13(22)21-11-10-14-6-2-4-8-16(14)19(21)18-12-15-7-3-5-9-17(15)20-18/h2,4,6,8,10-12,19-20H,3,5,7,9H2,1H3. The highest BCUT2D eigenvalue weighted by atomic mass is 16.2. The van der Waals surface area contributed by atoms with E-state index in [2.05, 4.69) is 23.2 Å². The van der Waals surface area contributed by atoms with Gasteiger partial charge in [-0.05, 0) is 54.5 Å². The van der Waals surface area contributed by atoms with E-state index in [1.807, 2.05) is 29.3 Å². The van der Waals surface area contributed by atoms with Crippen molar-refractivity contribution in [2.24, 2.45) is 0 Å². The Hall–Kier alpha value is -2.29. The van der Waals surface area contributed by atoms with Crippen LogP contribution in [0.25, 0.3) is 6.08 Å². The third kappa shape index (κ3) is 2.08. The van der Waals surface area contributed by atoms with Crippen molar-refractivity contribution in [2.75, 3.05) is 0 Å². The highest BCUT2D eigenvalue weighted by Gasteiger charge is 2.29. The van der Waals surface area contributed by atoms with Gasteiger partial charge in [-0.1, -0.05) is 24.3 Å². The van der Waals surface area contributed by atoms with Crippen LogP contribution in [-0.4, -0.2) is 15.8 Å². The van der Waals surface area contributed by atoms with Crippen molar-refractivity contribution in [3.05, 3.63) is 64.6 Å². The number of aryl methyl sites for hydroxylation is 2. The number of fused-ring (bicyclic) bond motifs is 2. The molecule has 1 aliphatic heterocycles. The lowest BCUT2D eigenvalue weighted by molar-refractivity contribution is -0.127. The Labute approximate surface area is 130 Å². The zero-order valence-corrected chi connectivity index (χ0v) is 12.8. The molecule has 2 heterocycles. The van der Waals surface area contributed by atoms with Crippen LogP contribution in [0.3, 0.4) is 0 Å². The third-order valence-corrected chi connectivity index (χ3v) is 4.78. The number of aromatic nitrogens is 1. The maximum Gasteiger partial charge on any atom is 0.224 e. The maximum atomic E-state index is 12.1. The first kappa shape index (κ1) is 13.4. The molecule has 2 aliphatic rings. The zero-order chi connectivity index (χ0) is 15.1. The van der Waals surface area contributed by atoms with Gasteiger partial charge in [-0.15, -0.1) is 0 Å². The van der Waals surface area contributed by atoms with Crippen molar-refractivity contribution in [1.82, 2.24) is 9.88 Å². The van der Waals surface area contributed by atoms with E-state index in [0.29, 0.717) is 0 Å². The molecule has 1 atom stereocenters. The number of nitrogens with one attached hydrogen (secondary N) is 1. The lowest BCUT2D eigenvalue weighted by Crippen LogP contribution is -2.31. The largest absolute Gasteiger partial charge is 0.360 e. The van der Waals surface area contributed by atoms with Gasteiger partial charge in [-0.2, -0.15) is 0 Å². The first-order chi connectivity index (χ1) is 10.7. The minimum atomic E-state index is -0.0377. The fourth-order valence-electron chi connectivity index (χ4n) is 3.69. The highest BCUT2D eigenvalue weighted by molar-refractivity contribution is 5.78. The molecule has 1 N–H and O–H groups in total. The van der Waals surface area contributed by atoms with E-state index in [4.69, 9.17) is 0 Å². The molecule has 0 spiro atoms. The highest BCUT2D eigenvalue weighted by Crippen LogP contribution is 2.36. The van der Waals surface area contributed by atoms with Crippen LogP contribution in [0.5, 0.6) is 0 Å². The van der Waals surface area contributed by atoms with Gasteiger partial charge >= 0.3 is 0 Å². The van der Waals surface area contributed by atoms with Gasteiger partial charge in [0.1, 0.15) is 6.04 Å². The average Bonchev–Trinajstić information content (AvgIpc) is 2.97. The van der Waals surface area contributed by atoms with Crippen LogP contribution in [-0.2, 0) is 17.6 Å². The number of H-pyrrole nitrogens is 1. The second kappa shape index (κ2) is 5.16. The molecular weight excluding hydrogens is 272 g/mol.